The van der Waals surface area contributed by atoms with E-state index in [0.29, 0.717) is 5.02 Å². The summed E-state index contributed by atoms with van der Waals surface area (Å²) in [5.74, 6) is -0.343. The van der Waals surface area contributed by atoms with Gasteiger partial charge < -0.3 is 4.74 Å². The molecule has 0 N–H and O–H groups in total. The van der Waals surface area contributed by atoms with Crippen molar-refractivity contribution in [3.63, 3.8) is 0 Å². The maximum Gasteiger partial charge on any atom is 0.331 e. The van der Waals surface area contributed by atoms with E-state index in [1.54, 1.807) is 6.08 Å². The summed E-state index contributed by atoms with van der Waals surface area (Å²) in [6.45, 7) is 5.54. The fourth-order valence-corrected chi connectivity index (χ4v) is 2.09. The third-order valence-corrected chi connectivity index (χ3v) is 3.13. The molecule has 0 heterocycles. The molecule has 0 saturated heterocycles. The largest absolute Gasteiger partial charge is 0.457 e. The molecule has 0 atom stereocenters. The molecule has 2 rings (SSSR count). The van der Waals surface area contributed by atoms with E-state index in [2.05, 4.69) is 0 Å². The molecular weight excluding hydrogens is 296 g/mol. The first-order valence-electron chi connectivity index (χ1n) is 7.10. The molecule has 0 bridgehead atoms. The monoisotopic (exact) mass is 314 g/mol. The van der Waals surface area contributed by atoms with Crippen molar-refractivity contribution in [2.45, 2.75) is 26.4 Å². The van der Waals surface area contributed by atoms with Gasteiger partial charge in [-0.2, -0.15) is 0 Å². The molecule has 2 aromatic rings. The number of ether oxygens (including phenoxy) is 1. The van der Waals surface area contributed by atoms with Gasteiger partial charge in [-0.05, 0) is 61.7 Å². The van der Waals surface area contributed by atoms with E-state index in [4.69, 9.17) is 16.3 Å². The fraction of sp³-hybridized carbons (Fsp3) is 0.211. The number of carbonyl (C=O) groups is 1. The summed E-state index contributed by atoms with van der Waals surface area (Å²) in [4.78, 5) is 11.7. The zero-order valence-electron chi connectivity index (χ0n) is 13.0. The van der Waals surface area contributed by atoms with Crippen molar-refractivity contribution in [3.05, 3.63) is 65.2 Å². The van der Waals surface area contributed by atoms with Gasteiger partial charge in [0.2, 0.25) is 0 Å². The lowest BCUT2D eigenvalue weighted by Gasteiger charge is -2.17. The van der Waals surface area contributed by atoms with Crippen LogP contribution in [0.3, 0.4) is 0 Å². The average molecular weight is 315 g/mol. The molecule has 0 aliphatic heterocycles. The Morgan fingerprint density at radius 3 is 2.36 bits per heavy atom. The molecule has 0 unspecified atom stereocenters. The van der Waals surface area contributed by atoms with Crippen LogP contribution in [-0.2, 0) is 9.53 Å². The summed E-state index contributed by atoms with van der Waals surface area (Å²) < 4.78 is 5.25. The molecule has 114 valence electrons. The van der Waals surface area contributed by atoms with Gasteiger partial charge in [0.05, 0.1) is 0 Å². The third-order valence-electron chi connectivity index (χ3n) is 2.88. The Morgan fingerprint density at radius 2 is 1.73 bits per heavy atom. The van der Waals surface area contributed by atoms with Gasteiger partial charge in [-0.25, -0.2) is 4.79 Å². The first-order chi connectivity index (χ1) is 10.3. The maximum atomic E-state index is 11.7. The van der Waals surface area contributed by atoms with E-state index in [0.717, 1.165) is 16.7 Å². The Kier molecular flexibility index (Phi) is 5.04. The van der Waals surface area contributed by atoms with Crippen LogP contribution in [0.4, 0.5) is 0 Å². The summed E-state index contributed by atoms with van der Waals surface area (Å²) in [6.07, 6.45) is 3.21. The SMILES string of the molecule is CC(C)(C)OC(=O)/C=C/c1cccc(-c2ccc(Cl)cc2)c1. The Bertz CT molecular complexity index is 679. The standard InChI is InChI=1S/C19H19ClO2/c1-19(2,3)22-18(21)12-7-14-5-4-6-16(13-14)15-8-10-17(20)11-9-15/h4-13H,1-3H3/b12-7+. The molecular formula is C19H19ClO2. The van der Waals surface area contributed by atoms with E-state index in [9.17, 15) is 4.79 Å². The smallest absolute Gasteiger partial charge is 0.331 e. The summed E-state index contributed by atoms with van der Waals surface area (Å²) >= 11 is 5.91. The van der Waals surface area contributed by atoms with Crippen LogP contribution < -0.4 is 0 Å². The van der Waals surface area contributed by atoms with Gasteiger partial charge in [0.25, 0.3) is 0 Å². The number of esters is 1. The van der Waals surface area contributed by atoms with Crippen molar-refractivity contribution in [2.24, 2.45) is 0 Å². The molecule has 0 radical (unpaired) electrons. The lowest BCUT2D eigenvalue weighted by molar-refractivity contribution is -0.148. The second-order valence-electron chi connectivity index (χ2n) is 6.00. The van der Waals surface area contributed by atoms with Crippen LogP contribution in [-0.4, -0.2) is 11.6 Å². The van der Waals surface area contributed by atoms with Crippen LogP contribution >= 0.6 is 11.6 Å². The number of halogens is 1. The summed E-state index contributed by atoms with van der Waals surface area (Å²) in [6, 6.07) is 15.6. The number of hydrogen-bond acceptors (Lipinski definition) is 2. The van der Waals surface area contributed by atoms with Gasteiger partial charge in [0.1, 0.15) is 5.60 Å². The minimum absolute atomic E-state index is 0.343. The number of carbonyl (C=O) groups excluding carboxylic acids is 1. The summed E-state index contributed by atoms with van der Waals surface area (Å²) in [5.41, 5.74) is 2.62. The van der Waals surface area contributed by atoms with E-state index >= 15 is 0 Å². The molecule has 0 fully saturated rings. The van der Waals surface area contributed by atoms with Crippen LogP contribution in [0, 0.1) is 0 Å². The number of hydrogen-bond donors (Lipinski definition) is 0. The topological polar surface area (TPSA) is 26.3 Å². The number of rotatable bonds is 3. The van der Waals surface area contributed by atoms with Crippen LogP contribution in [0.1, 0.15) is 26.3 Å². The second kappa shape index (κ2) is 6.80. The van der Waals surface area contributed by atoms with Crippen LogP contribution in [0.5, 0.6) is 0 Å². The molecule has 2 aromatic carbocycles. The molecule has 0 aromatic heterocycles. The molecule has 3 heteroatoms. The molecule has 2 nitrogen and oxygen atoms in total. The minimum atomic E-state index is -0.480. The number of benzene rings is 2. The lowest BCUT2D eigenvalue weighted by Crippen LogP contribution is -2.22. The van der Waals surface area contributed by atoms with Gasteiger partial charge in [0.15, 0.2) is 0 Å². The van der Waals surface area contributed by atoms with Crippen molar-refractivity contribution in [1.82, 2.24) is 0 Å². The zero-order chi connectivity index (χ0) is 16.2. The average Bonchev–Trinajstić information content (AvgIpc) is 2.44. The molecule has 0 aliphatic carbocycles. The highest BCUT2D eigenvalue weighted by atomic mass is 35.5. The highest BCUT2D eigenvalue weighted by Gasteiger charge is 2.13. The van der Waals surface area contributed by atoms with Crippen LogP contribution in [0.25, 0.3) is 17.2 Å². The van der Waals surface area contributed by atoms with Crippen molar-refractivity contribution < 1.29 is 9.53 Å². The van der Waals surface area contributed by atoms with Crippen molar-refractivity contribution in [3.8, 4) is 11.1 Å². The van der Waals surface area contributed by atoms with Gasteiger partial charge in [-0.3, -0.25) is 0 Å². The van der Waals surface area contributed by atoms with Crippen molar-refractivity contribution in [2.75, 3.05) is 0 Å². The van der Waals surface area contributed by atoms with E-state index in [1.165, 1.54) is 6.08 Å². The summed E-state index contributed by atoms with van der Waals surface area (Å²) in [7, 11) is 0. The molecule has 0 aliphatic rings. The Morgan fingerprint density at radius 1 is 1.05 bits per heavy atom. The normalized spacial score (nSPS) is 11.6. The van der Waals surface area contributed by atoms with Crippen molar-refractivity contribution >= 4 is 23.6 Å². The first-order valence-corrected chi connectivity index (χ1v) is 7.48. The van der Waals surface area contributed by atoms with Gasteiger partial charge >= 0.3 is 5.97 Å². The lowest BCUT2D eigenvalue weighted by atomic mass is 10.0. The minimum Gasteiger partial charge on any atom is -0.457 e. The molecule has 0 amide bonds. The fourth-order valence-electron chi connectivity index (χ4n) is 1.96. The second-order valence-corrected chi connectivity index (χ2v) is 6.44. The van der Waals surface area contributed by atoms with Crippen LogP contribution in [0.15, 0.2) is 54.6 Å². The predicted octanol–water partition coefficient (Wildman–Crippen LogP) is 5.36. The van der Waals surface area contributed by atoms with Crippen molar-refractivity contribution in [1.29, 1.82) is 0 Å². The van der Waals surface area contributed by atoms with Gasteiger partial charge in [-0.15, -0.1) is 0 Å². The quantitative estimate of drug-likeness (QED) is 0.563. The van der Waals surface area contributed by atoms with Crippen LogP contribution in [0.2, 0.25) is 5.02 Å². The molecule has 22 heavy (non-hydrogen) atoms. The Hall–Kier alpha value is -2.06. The Labute approximate surface area is 136 Å². The highest BCUT2D eigenvalue weighted by Crippen LogP contribution is 2.23. The molecule has 0 saturated carbocycles. The highest BCUT2D eigenvalue weighted by molar-refractivity contribution is 6.30. The van der Waals surface area contributed by atoms with Gasteiger partial charge in [-0.1, -0.05) is 41.9 Å². The van der Waals surface area contributed by atoms with E-state index in [1.807, 2.05) is 69.3 Å². The summed E-state index contributed by atoms with van der Waals surface area (Å²) in [5, 5.41) is 0.713. The third kappa shape index (κ3) is 5.05. The maximum absolute atomic E-state index is 11.7. The van der Waals surface area contributed by atoms with Gasteiger partial charge in [0, 0.05) is 11.1 Å². The zero-order valence-corrected chi connectivity index (χ0v) is 13.7. The van der Waals surface area contributed by atoms with E-state index in [-0.39, 0.29) is 5.97 Å². The van der Waals surface area contributed by atoms with E-state index < -0.39 is 5.60 Å². The predicted molar refractivity (Wildman–Crippen MR) is 91.8 cm³/mol. The Balaban J connectivity index is 2.15. The molecule has 0 spiro atoms. The first kappa shape index (κ1) is 16.3.